The smallest absolute Gasteiger partial charge is 0.0549 e. The van der Waals surface area contributed by atoms with Crippen molar-refractivity contribution in [2.45, 2.75) is 0 Å². The van der Waals surface area contributed by atoms with E-state index in [1.807, 2.05) is 0 Å². The van der Waals surface area contributed by atoms with Gasteiger partial charge in [-0.2, -0.15) is 0 Å². The number of rotatable bonds is 4. The molecular formula is C64H38N4. The van der Waals surface area contributed by atoms with Gasteiger partial charge in [-0.05, 0) is 106 Å². The molecular weight excluding hydrogens is 825 g/mol. The Kier molecular flexibility index (Phi) is 7.04. The van der Waals surface area contributed by atoms with Crippen molar-refractivity contribution in [2.24, 2.45) is 0 Å². The lowest BCUT2D eigenvalue weighted by Crippen LogP contribution is -1.99. The molecule has 0 N–H and O–H groups in total. The summed E-state index contributed by atoms with van der Waals surface area (Å²) < 4.78 is 9.89. The van der Waals surface area contributed by atoms with E-state index < -0.39 is 0 Å². The van der Waals surface area contributed by atoms with Crippen LogP contribution in [0.2, 0.25) is 0 Å². The third kappa shape index (κ3) is 4.58. The first-order valence-electron chi connectivity index (χ1n) is 23.5. The van der Waals surface area contributed by atoms with E-state index >= 15 is 0 Å². The maximum Gasteiger partial charge on any atom is 0.0549 e. The van der Waals surface area contributed by atoms with E-state index in [1.165, 1.54) is 131 Å². The highest BCUT2D eigenvalue weighted by molar-refractivity contribution is 6.32. The van der Waals surface area contributed by atoms with Crippen molar-refractivity contribution < 1.29 is 0 Å². The van der Waals surface area contributed by atoms with Gasteiger partial charge in [-0.15, -0.1) is 0 Å². The molecule has 0 aliphatic carbocycles. The summed E-state index contributed by atoms with van der Waals surface area (Å²) in [4.78, 5) is 0. The summed E-state index contributed by atoms with van der Waals surface area (Å²) in [6.45, 7) is 0. The first-order valence-corrected chi connectivity index (χ1v) is 23.5. The molecule has 0 atom stereocenters. The van der Waals surface area contributed by atoms with Gasteiger partial charge in [0.2, 0.25) is 0 Å². The molecule has 68 heavy (non-hydrogen) atoms. The SMILES string of the molecule is c1ccc(-n2c3ccccc3c3c4c5ccccc5n(-c5ccc6ccc7c(-n8c9ccccc9c9c%10c%11ccccc%11n(-c%11ccccc%11)c%10ccc98)ccc8ccc5c6c87)c4ccc32)cc1. The van der Waals surface area contributed by atoms with E-state index in [-0.39, 0.29) is 0 Å². The molecule has 0 unspecified atom stereocenters. The molecule has 0 amide bonds. The minimum absolute atomic E-state index is 1.16. The van der Waals surface area contributed by atoms with Crippen LogP contribution in [0.15, 0.2) is 231 Å². The second kappa shape index (κ2) is 13.3. The van der Waals surface area contributed by atoms with Crippen molar-refractivity contribution in [3.05, 3.63) is 231 Å². The lowest BCUT2D eigenvalue weighted by Gasteiger charge is -2.19. The summed E-state index contributed by atoms with van der Waals surface area (Å²) in [6, 6.07) is 85.4. The van der Waals surface area contributed by atoms with Crippen molar-refractivity contribution >= 4 is 120 Å². The molecule has 0 saturated carbocycles. The number of hydrogen-bond donors (Lipinski definition) is 0. The zero-order valence-corrected chi connectivity index (χ0v) is 36.7. The average molecular weight is 863 g/mol. The van der Waals surface area contributed by atoms with Gasteiger partial charge >= 0.3 is 0 Å². The molecule has 16 rings (SSSR count). The van der Waals surface area contributed by atoms with E-state index in [0.717, 1.165) is 11.4 Å². The van der Waals surface area contributed by atoms with Crippen molar-refractivity contribution in [2.75, 3.05) is 0 Å². The van der Waals surface area contributed by atoms with Crippen LogP contribution in [0.3, 0.4) is 0 Å². The molecule has 12 aromatic carbocycles. The highest BCUT2D eigenvalue weighted by Gasteiger charge is 2.25. The first kappa shape index (κ1) is 36.1. The Labute approximate surface area is 389 Å². The lowest BCUT2D eigenvalue weighted by molar-refractivity contribution is 1.18. The number of benzene rings is 12. The summed E-state index contributed by atoms with van der Waals surface area (Å²) in [7, 11) is 0. The monoisotopic (exact) mass is 862 g/mol. The van der Waals surface area contributed by atoms with Gasteiger partial charge in [0.25, 0.3) is 0 Å². The second-order valence-electron chi connectivity index (χ2n) is 18.4. The van der Waals surface area contributed by atoms with Crippen molar-refractivity contribution in [1.29, 1.82) is 0 Å². The van der Waals surface area contributed by atoms with Crippen LogP contribution in [0.25, 0.3) is 142 Å². The third-order valence-corrected chi connectivity index (χ3v) is 15.1. The van der Waals surface area contributed by atoms with Gasteiger partial charge in [0.1, 0.15) is 0 Å². The molecule has 4 nitrogen and oxygen atoms in total. The Bertz CT molecular complexity index is 4470. The number of para-hydroxylation sites is 6. The molecule has 0 aliphatic heterocycles. The Morgan fingerprint density at radius 3 is 0.838 bits per heavy atom. The maximum atomic E-state index is 2.52. The number of nitrogens with zero attached hydrogens (tertiary/aromatic N) is 4. The fraction of sp³-hybridized carbons (Fsp3) is 0. The molecule has 0 aliphatic rings. The van der Waals surface area contributed by atoms with Gasteiger partial charge in [-0.25, -0.2) is 0 Å². The summed E-state index contributed by atoms with van der Waals surface area (Å²) in [5, 5.41) is 17.7. The van der Waals surface area contributed by atoms with Crippen LogP contribution in [-0.4, -0.2) is 18.3 Å². The second-order valence-corrected chi connectivity index (χ2v) is 18.4. The van der Waals surface area contributed by atoms with Crippen molar-refractivity contribution in [1.82, 2.24) is 18.3 Å². The Balaban J connectivity index is 0.977. The summed E-state index contributed by atoms with van der Waals surface area (Å²) >= 11 is 0. The molecule has 0 fully saturated rings. The largest absolute Gasteiger partial charge is 0.309 e. The lowest BCUT2D eigenvalue weighted by atomic mass is 9.92. The fourth-order valence-corrected chi connectivity index (χ4v) is 12.4. The van der Waals surface area contributed by atoms with E-state index in [9.17, 15) is 0 Å². The predicted molar refractivity (Wildman–Crippen MR) is 288 cm³/mol. The summed E-state index contributed by atoms with van der Waals surface area (Å²) in [5.74, 6) is 0. The quantitative estimate of drug-likeness (QED) is 0.157. The Morgan fingerprint density at radius 1 is 0.176 bits per heavy atom. The zero-order valence-electron chi connectivity index (χ0n) is 36.7. The Morgan fingerprint density at radius 2 is 0.471 bits per heavy atom. The highest BCUT2D eigenvalue weighted by atomic mass is 15.0. The van der Waals surface area contributed by atoms with Crippen LogP contribution >= 0.6 is 0 Å². The highest BCUT2D eigenvalue weighted by Crippen LogP contribution is 2.47. The summed E-state index contributed by atoms with van der Waals surface area (Å²) in [5.41, 5.74) is 14.4. The van der Waals surface area contributed by atoms with Gasteiger partial charge in [-0.1, -0.05) is 146 Å². The first-order chi connectivity index (χ1) is 33.8. The fourth-order valence-electron chi connectivity index (χ4n) is 12.4. The van der Waals surface area contributed by atoms with Crippen LogP contribution in [0, 0.1) is 0 Å². The molecule has 4 aromatic heterocycles. The Hall–Kier alpha value is -9.12. The standard InChI is InChI=1S/C64H38N4/c1-3-15-41(16-4-1)65-49-23-11-7-19-43(49)61-55(65)35-37-57-63(61)45-21-9-13-25-51(45)67(57)53-33-29-39-28-32-48-54(34-30-40-27-31-47(53)59(39)60(40)48)68-52-26-14-10-22-46(52)64-58(68)38-36-56-62(64)44-20-8-12-24-50(44)66(56)42-17-5-2-6-18-42/h1-38H. The van der Waals surface area contributed by atoms with Crippen LogP contribution in [0.1, 0.15) is 0 Å². The van der Waals surface area contributed by atoms with Crippen LogP contribution in [0.4, 0.5) is 0 Å². The zero-order chi connectivity index (χ0) is 44.2. The van der Waals surface area contributed by atoms with Crippen molar-refractivity contribution in [3.8, 4) is 22.7 Å². The molecule has 314 valence electrons. The molecule has 4 heterocycles. The van der Waals surface area contributed by atoms with Gasteiger partial charge in [0, 0.05) is 65.2 Å². The molecule has 4 heteroatoms. The van der Waals surface area contributed by atoms with E-state index in [0.29, 0.717) is 0 Å². The van der Waals surface area contributed by atoms with Crippen LogP contribution in [-0.2, 0) is 0 Å². The van der Waals surface area contributed by atoms with E-state index in [4.69, 9.17) is 0 Å². The molecule has 0 radical (unpaired) electrons. The average Bonchev–Trinajstić information content (AvgIpc) is 4.13. The molecule has 0 bridgehead atoms. The van der Waals surface area contributed by atoms with Crippen molar-refractivity contribution in [3.63, 3.8) is 0 Å². The van der Waals surface area contributed by atoms with Gasteiger partial charge in [0.05, 0.1) is 55.5 Å². The number of aromatic nitrogens is 4. The normalized spacial score (nSPS) is 12.4. The van der Waals surface area contributed by atoms with Gasteiger partial charge in [-0.3, -0.25) is 0 Å². The molecule has 0 saturated heterocycles. The van der Waals surface area contributed by atoms with Crippen LogP contribution < -0.4 is 0 Å². The van der Waals surface area contributed by atoms with Gasteiger partial charge < -0.3 is 18.3 Å². The minimum atomic E-state index is 1.16. The topological polar surface area (TPSA) is 19.7 Å². The van der Waals surface area contributed by atoms with Gasteiger partial charge in [0.15, 0.2) is 0 Å². The summed E-state index contributed by atoms with van der Waals surface area (Å²) in [6.07, 6.45) is 0. The number of hydrogen-bond acceptors (Lipinski definition) is 0. The molecule has 0 spiro atoms. The maximum absolute atomic E-state index is 2.52. The predicted octanol–water partition coefficient (Wildman–Crippen LogP) is 17.0. The number of fused-ring (bicyclic) bond motifs is 14. The molecule has 16 aromatic rings. The van der Waals surface area contributed by atoms with E-state index in [1.54, 1.807) is 0 Å². The van der Waals surface area contributed by atoms with Crippen LogP contribution in [0.5, 0.6) is 0 Å². The third-order valence-electron chi connectivity index (χ3n) is 15.1. The minimum Gasteiger partial charge on any atom is -0.309 e. The van der Waals surface area contributed by atoms with E-state index in [2.05, 4.69) is 249 Å².